The largest absolute Gasteiger partial charge is 0.497 e. The summed E-state index contributed by atoms with van der Waals surface area (Å²) in [5.74, 6) is 3.56. The fourth-order valence-corrected chi connectivity index (χ4v) is 6.09. The van der Waals surface area contributed by atoms with Crippen LogP contribution in [-0.2, 0) is 0 Å². The standard InChI is InChI=1S/C23H25NO2/c1-26-20-3-2-18-9-19(14-24-21(18)10-20)22(25)4-5-23-11-15-6-16(12-23)8-17(7-15)13-23/h2-5,9-10,14-17H,6-8,11-13H2,1H3. The number of aromatic nitrogens is 1. The van der Waals surface area contributed by atoms with Crippen molar-refractivity contribution in [2.45, 2.75) is 38.5 Å². The molecule has 1 heterocycles. The van der Waals surface area contributed by atoms with Crippen LogP contribution in [-0.4, -0.2) is 17.9 Å². The van der Waals surface area contributed by atoms with Crippen LogP contribution in [0.5, 0.6) is 5.75 Å². The van der Waals surface area contributed by atoms with Crippen molar-refractivity contribution in [2.75, 3.05) is 7.11 Å². The number of hydrogen-bond acceptors (Lipinski definition) is 3. The number of fused-ring (bicyclic) bond motifs is 1. The topological polar surface area (TPSA) is 39.2 Å². The number of rotatable bonds is 4. The highest BCUT2D eigenvalue weighted by molar-refractivity contribution is 6.06. The Morgan fingerprint density at radius 2 is 1.81 bits per heavy atom. The van der Waals surface area contributed by atoms with E-state index < -0.39 is 0 Å². The molecular weight excluding hydrogens is 322 g/mol. The highest BCUT2D eigenvalue weighted by Gasteiger charge is 2.49. The minimum atomic E-state index is 0.0750. The van der Waals surface area contributed by atoms with Gasteiger partial charge in [-0.3, -0.25) is 9.78 Å². The summed E-state index contributed by atoms with van der Waals surface area (Å²) in [4.78, 5) is 17.2. The molecule has 4 saturated carbocycles. The van der Waals surface area contributed by atoms with E-state index in [1.165, 1.54) is 38.5 Å². The molecule has 2 aromatic rings. The Morgan fingerprint density at radius 1 is 1.12 bits per heavy atom. The summed E-state index contributed by atoms with van der Waals surface area (Å²) in [5, 5.41) is 0.972. The molecule has 4 aliphatic rings. The first-order chi connectivity index (χ1) is 12.6. The third-order valence-corrected chi connectivity index (χ3v) is 6.85. The molecule has 0 spiro atoms. The van der Waals surface area contributed by atoms with Gasteiger partial charge in [0.15, 0.2) is 5.78 Å². The molecule has 0 N–H and O–H groups in total. The number of carbonyl (C=O) groups excluding carboxylic acids is 1. The molecule has 3 nitrogen and oxygen atoms in total. The van der Waals surface area contributed by atoms with Crippen molar-refractivity contribution in [2.24, 2.45) is 23.2 Å². The molecule has 0 aliphatic heterocycles. The van der Waals surface area contributed by atoms with Crippen LogP contribution in [0.4, 0.5) is 0 Å². The average Bonchev–Trinajstić information content (AvgIpc) is 2.64. The van der Waals surface area contributed by atoms with Crippen LogP contribution in [0.1, 0.15) is 48.9 Å². The predicted molar refractivity (Wildman–Crippen MR) is 102 cm³/mol. The van der Waals surface area contributed by atoms with Gasteiger partial charge in [-0.2, -0.15) is 0 Å². The maximum Gasteiger partial charge on any atom is 0.187 e. The van der Waals surface area contributed by atoms with Crippen molar-refractivity contribution in [1.82, 2.24) is 4.98 Å². The van der Waals surface area contributed by atoms with E-state index >= 15 is 0 Å². The first kappa shape index (κ1) is 16.0. The quantitative estimate of drug-likeness (QED) is 0.564. The number of carbonyl (C=O) groups is 1. The third kappa shape index (κ3) is 2.74. The Hall–Kier alpha value is -2.16. The molecule has 134 valence electrons. The van der Waals surface area contributed by atoms with Gasteiger partial charge in [0.2, 0.25) is 0 Å². The van der Waals surface area contributed by atoms with Crippen molar-refractivity contribution in [3.8, 4) is 5.75 Å². The number of methoxy groups -OCH3 is 1. The Bertz CT molecular complexity index is 863. The maximum atomic E-state index is 12.8. The van der Waals surface area contributed by atoms with E-state index in [1.54, 1.807) is 13.3 Å². The van der Waals surface area contributed by atoms with Gasteiger partial charge < -0.3 is 4.74 Å². The SMILES string of the molecule is COc1ccc2cc(C(=O)C=CC34CC5CC(CC(C5)C3)C4)cnc2c1. The third-order valence-electron chi connectivity index (χ3n) is 6.85. The van der Waals surface area contributed by atoms with Crippen LogP contribution in [0.25, 0.3) is 10.9 Å². The minimum absolute atomic E-state index is 0.0750. The second kappa shape index (κ2) is 5.94. The summed E-state index contributed by atoms with van der Waals surface area (Å²) in [6, 6.07) is 7.70. The molecule has 0 atom stereocenters. The zero-order valence-corrected chi connectivity index (χ0v) is 15.3. The number of ether oxygens (including phenoxy) is 1. The molecule has 4 aliphatic carbocycles. The number of hydrogen-bond donors (Lipinski definition) is 0. The van der Waals surface area contributed by atoms with E-state index in [0.29, 0.717) is 11.0 Å². The molecule has 1 aromatic carbocycles. The summed E-state index contributed by atoms with van der Waals surface area (Å²) in [7, 11) is 1.65. The lowest BCUT2D eigenvalue weighted by atomic mass is 9.49. The number of pyridine rings is 1. The maximum absolute atomic E-state index is 12.8. The van der Waals surface area contributed by atoms with E-state index in [4.69, 9.17) is 4.74 Å². The molecule has 0 amide bonds. The predicted octanol–water partition coefficient (Wildman–Crippen LogP) is 5.20. The van der Waals surface area contributed by atoms with E-state index in [-0.39, 0.29) is 5.78 Å². The summed E-state index contributed by atoms with van der Waals surface area (Å²) >= 11 is 0. The van der Waals surface area contributed by atoms with Gasteiger partial charge in [0.05, 0.1) is 12.6 Å². The van der Waals surface area contributed by atoms with Crippen LogP contribution in [0.3, 0.4) is 0 Å². The normalized spacial score (nSPS) is 32.4. The molecule has 0 saturated heterocycles. The summed E-state index contributed by atoms with van der Waals surface area (Å²) < 4.78 is 5.24. The number of benzene rings is 1. The highest BCUT2D eigenvalue weighted by atomic mass is 16.5. The fraction of sp³-hybridized carbons (Fsp3) is 0.478. The van der Waals surface area contributed by atoms with Crippen LogP contribution in [0.15, 0.2) is 42.6 Å². The van der Waals surface area contributed by atoms with Gasteiger partial charge in [0, 0.05) is 23.2 Å². The van der Waals surface area contributed by atoms with Gasteiger partial charge in [0.25, 0.3) is 0 Å². The van der Waals surface area contributed by atoms with E-state index in [2.05, 4.69) is 11.1 Å². The number of nitrogens with zero attached hydrogens (tertiary/aromatic N) is 1. The van der Waals surface area contributed by atoms with Crippen LogP contribution >= 0.6 is 0 Å². The molecule has 26 heavy (non-hydrogen) atoms. The highest BCUT2D eigenvalue weighted by Crippen LogP contribution is 2.60. The monoisotopic (exact) mass is 347 g/mol. The number of ketones is 1. The number of allylic oxidation sites excluding steroid dienone is 2. The second-order valence-electron chi connectivity index (χ2n) is 8.76. The molecular formula is C23H25NO2. The van der Waals surface area contributed by atoms with Crippen LogP contribution in [0.2, 0.25) is 0 Å². The minimum Gasteiger partial charge on any atom is -0.497 e. The van der Waals surface area contributed by atoms with Crippen molar-refractivity contribution < 1.29 is 9.53 Å². The molecule has 4 bridgehead atoms. The van der Waals surface area contributed by atoms with Gasteiger partial charge in [0.1, 0.15) is 5.75 Å². The summed E-state index contributed by atoms with van der Waals surface area (Å²) in [6.07, 6.45) is 13.9. The molecule has 1 aromatic heterocycles. The Labute approximate surface area is 154 Å². The molecule has 6 rings (SSSR count). The van der Waals surface area contributed by atoms with Crippen LogP contribution in [0, 0.1) is 23.2 Å². The lowest BCUT2D eigenvalue weighted by Gasteiger charge is -2.55. The Kier molecular flexibility index (Phi) is 3.66. The molecule has 0 radical (unpaired) electrons. The van der Waals surface area contributed by atoms with Gasteiger partial charge in [-0.05, 0) is 86.0 Å². The van der Waals surface area contributed by atoms with Crippen molar-refractivity contribution in [3.63, 3.8) is 0 Å². The zero-order chi connectivity index (χ0) is 17.7. The lowest BCUT2D eigenvalue weighted by Crippen LogP contribution is -2.45. The van der Waals surface area contributed by atoms with E-state index in [0.717, 1.165) is 34.4 Å². The van der Waals surface area contributed by atoms with E-state index in [1.807, 2.05) is 30.3 Å². The Balaban J connectivity index is 1.38. The van der Waals surface area contributed by atoms with Crippen molar-refractivity contribution in [3.05, 3.63) is 48.2 Å². The fourth-order valence-electron chi connectivity index (χ4n) is 6.09. The van der Waals surface area contributed by atoms with E-state index in [9.17, 15) is 4.79 Å². The summed E-state index contributed by atoms with van der Waals surface area (Å²) in [5.41, 5.74) is 1.82. The van der Waals surface area contributed by atoms with Crippen LogP contribution < -0.4 is 4.74 Å². The van der Waals surface area contributed by atoms with Crippen molar-refractivity contribution in [1.29, 1.82) is 0 Å². The van der Waals surface area contributed by atoms with Gasteiger partial charge >= 0.3 is 0 Å². The van der Waals surface area contributed by atoms with Crippen molar-refractivity contribution >= 4 is 16.7 Å². The first-order valence-corrected chi connectivity index (χ1v) is 9.80. The molecule has 0 unspecified atom stereocenters. The second-order valence-corrected chi connectivity index (χ2v) is 8.76. The lowest BCUT2D eigenvalue weighted by molar-refractivity contribution is -0.0238. The Morgan fingerprint density at radius 3 is 2.46 bits per heavy atom. The molecule has 4 fully saturated rings. The van der Waals surface area contributed by atoms with Gasteiger partial charge in [-0.1, -0.05) is 6.08 Å². The first-order valence-electron chi connectivity index (χ1n) is 9.80. The van der Waals surface area contributed by atoms with Gasteiger partial charge in [-0.25, -0.2) is 0 Å². The smallest absolute Gasteiger partial charge is 0.187 e. The summed E-state index contributed by atoms with van der Waals surface area (Å²) in [6.45, 7) is 0. The molecule has 3 heteroatoms. The zero-order valence-electron chi connectivity index (χ0n) is 15.3. The van der Waals surface area contributed by atoms with Gasteiger partial charge in [-0.15, -0.1) is 0 Å². The average molecular weight is 347 g/mol.